The first-order valence-corrected chi connectivity index (χ1v) is 5.01. The molecule has 0 saturated carbocycles. The maximum atomic E-state index is 10.7. The molecule has 3 heteroatoms. The molecule has 11 heavy (non-hydrogen) atoms. The maximum absolute atomic E-state index is 10.7. The van der Waals surface area contributed by atoms with Crippen molar-refractivity contribution in [2.24, 2.45) is 0 Å². The summed E-state index contributed by atoms with van der Waals surface area (Å²) in [4.78, 5) is 10.7. The fourth-order valence-corrected chi connectivity index (χ4v) is 0.964. The standard InChI is InChI=1S/C8H15IO2/c1-7(11-8(2)10)5-3-4-6-9/h7H,3-6H2,1-2H3/t7-/m1/s1/i5D2,7D. The molecule has 0 aromatic heterocycles. The first-order chi connectivity index (χ1) is 6.23. The molecule has 0 N–H and O–H groups in total. The van der Waals surface area contributed by atoms with Crippen LogP contribution in [0.2, 0.25) is 0 Å². The van der Waals surface area contributed by atoms with Crippen molar-refractivity contribution < 1.29 is 13.6 Å². The fourth-order valence-electron chi connectivity index (χ4n) is 0.583. The van der Waals surface area contributed by atoms with Gasteiger partial charge in [0.25, 0.3) is 0 Å². The van der Waals surface area contributed by atoms with Crippen molar-refractivity contribution in [3.8, 4) is 0 Å². The van der Waals surface area contributed by atoms with Crippen LogP contribution >= 0.6 is 22.6 Å². The molecule has 0 spiro atoms. The molecule has 0 unspecified atom stereocenters. The van der Waals surface area contributed by atoms with Crippen LogP contribution in [0.4, 0.5) is 0 Å². The van der Waals surface area contributed by atoms with Gasteiger partial charge in [0.2, 0.25) is 0 Å². The van der Waals surface area contributed by atoms with E-state index in [0.29, 0.717) is 6.42 Å². The van der Waals surface area contributed by atoms with E-state index in [2.05, 4.69) is 27.3 Å². The van der Waals surface area contributed by atoms with Crippen LogP contribution in [0.15, 0.2) is 0 Å². The lowest BCUT2D eigenvalue weighted by Crippen LogP contribution is -2.11. The normalized spacial score (nSPS) is 20.8. The summed E-state index contributed by atoms with van der Waals surface area (Å²) in [7, 11) is 0. The molecule has 0 rings (SSSR count). The Kier molecular flexibility index (Phi) is 4.18. The van der Waals surface area contributed by atoms with Crippen molar-refractivity contribution >= 4 is 28.6 Å². The van der Waals surface area contributed by atoms with Crippen molar-refractivity contribution in [3.05, 3.63) is 0 Å². The van der Waals surface area contributed by atoms with E-state index in [0.717, 1.165) is 4.43 Å². The summed E-state index contributed by atoms with van der Waals surface area (Å²) >= 11 is 2.15. The van der Waals surface area contributed by atoms with Crippen LogP contribution in [0.25, 0.3) is 0 Å². The zero-order chi connectivity index (χ0) is 11.4. The number of hydrogen-bond acceptors (Lipinski definition) is 2. The van der Waals surface area contributed by atoms with Crippen LogP contribution in [0.5, 0.6) is 0 Å². The molecule has 0 aliphatic rings. The second kappa shape index (κ2) is 6.88. The molecule has 0 bridgehead atoms. The molecule has 0 aliphatic carbocycles. The third kappa shape index (κ3) is 8.10. The minimum absolute atomic E-state index is 0.225. The van der Waals surface area contributed by atoms with E-state index in [4.69, 9.17) is 4.11 Å². The lowest BCUT2D eigenvalue weighted by molar-refractivity contribution is -0.145. The van der Waals surface area contributed by atoms with E-state index in [-0.39, 0.29) is 6.42 Å². The van der Waals surface area contributed by atoms with Gasteiger partial charge in [0, 0.05) is 9.67 Å². The summed E-state index contributed by atoms with van der Waals surface area (Å²) in [6, 6.07) is 0. The SMILES string of the molecule is [2H]C([2H])(CCCI)[C@@]([2H])(C)OC(C)=O. The largest absolute Gasteiger partial charge is 0.463 e. The molecule has 0 aromatic carbocycles. The Labute approximate surface area is 86.0 Å². The van der Waals surface area contributed by atoms with E-state index in [9.17, 15) is 4.79 Å². The van der Waals surface area contributed by atoms with E-state index >= 15 is 0 Å². The highest BCUT2D eigenvalue weighted by atomic mass is 127. The van der Waals surface area contributed by atoms with Gasteiger partial charge >= 0.3 is 5.97 Å². The van der Waals surface area contributed by atoms with Crippen molar-refractivity contribution in [3.63, 3.8) is 0 Å². The number of carbonyl (C=O) groups is 1. The predicted molar refractivity (Wildman–Crippen MR) is 54.0 cm³/mol. The molecule has 2 nitrogen and oxygen atoms in total. The number of halogens is 1. The number of alkyl halides is 1. The second-order valence-electron chi connectivity index (χ2n) is 2.12. The van der Waals surface area contributed by atoms with Gasteiger partial charge in [0.15, 0.2) is 0 Å². The Balaban J connectivity index is 4.43. The minimum atomic E-state index is -1.80. The molecule has 0 fully saturated rings. The molecular formula is C8H15IO2. The van der Waals surface area contributed by atoms with Crippen LogP contribution < -0.4 is 0 Å². The smallest absolute Gasteiger partial charge is 0.302 e. The predicted octanol–water partition coefficient (Wildman–Crippen LogP) is 2.54. The summed E-state index contributed by atoms with van der Waals surface area (Å²) in [6.45, 7) is 2.46. The number of rotatable bonds is 5. The monoisotopic (exact) mass is 273 g/mol. The summed E-state index contributed by atoms with van der Waals surface area (Å²) in [5.74, 6) is -0.624. The molecule has 0 amide bonds. The van der Waals surface area contributed by atoms with Gasteiger partial charge in [0.1, 0.15) is 0 Å². The molecular weight excluding hydrogens is 255 g/mol. The Morgan fingerprint density at radius 2 is 2.45 bits per heavy atom. The van der Waals surface area contributed by atoms with Gasteiger partial charge in [-0.1, -0.05) is 22.6 Å². The highest BCUT2D eigenvalue weighted by Crippen LogP contribution is 2.05. The Hall–Kier alpha value is 0.200. The van der Waals surface area contributed by atoms with Crippen LogP contribution in [-0.4, -0.2) is 16.5 Å². The molecule has 0 radical (unpaired) electrons. The molecule has 66 valence electrons. The van der Waals surface area contributed by atoms with Gasteiger partial charge in [-0.25, -0.2) is 0 Å². The molecule has 1 atom stereocenters. The van der Waals surface area contributed by atoms with Gasteiger partial charge in [-0.3, -0.25) is 4.79 Å². The first kappa shape index (κ1) is 6.69. The van der Waals surface area contributed by atoms with Crippen molar-refractivity contribution in [2.75, 3.05) is 4.43 Å². The van der Waals surface area contributed by atoms with E-state index in [1.54, 1.807) is 0 Å². The van der Waals surface area contributed by atoms with E-state index < -0.39 is 18.4 Å². The van der Waals surface area contributed by atoms with Crippen LogP contribution in [-0.2, 0) is 9.53 Å². The van der Waals surface area contributed by atoms with E-state index in [1.165, 1.54) is 13.8 Å². The minimum Gasteiger partial charge on any atom is -0.463 e. The zero-order valence-corrected chi connectivity index (χ0v) is 8.97. The maximum Gasteiger partial charge on any atom is 0.302 e. The molecule has 0 heterocycles. The van der Waals surface area contributed by atoms with Gasteiger partial charge in [0.05, 0.1) is 7.45 Å². The second-order valence-corrected chi connectivity index (χ2v) is 3.20. The average Bonchev–Trinajstić information content (AvgIpc) is 1.98. The number of ether oxygens (including phenoxy) is 1. The van der Waals surface area contributed by atoms with Gasteiger partial charge in [-0.15, -0.1) is 0 Å². The molecule has 0 aliphatic heterocycles. The Morgan fingerprint density at radius 3 is 2.91 bits per heavy atom. The van der Waals surface area contributed by atoms with Gasteiger partial charge in [-0.05, 0) is 30.6 Å². The van der Waals surface area contributed by atoms with Crippen LogP contribution in [0, 0.1) is 0 Å². The molecule has 0 saturated heterocycles. The van der Waals surface area contributed by atoms with Crippen molar-refractivity contribution in [1.82, 2.24) is 0 Å². The number of carbonyl (C=O) groups excluding carboxylic acids is 1. The van der Waals surface area contributed by atoms with Crippen LogP contribution in [0.1, 0.15) is 37.2 Å². The van der Waals surface area contributed by atoms with Crippen molar-refractivity contribution in [2.45, 2.75) is 39.1 Å². The lowest BCUT2D eigenvalue weighted by atomic mass is 10.2. The quantitative estimate of drug-likeness (QED) is 0.437. The highest BCUT2D eigenvalue weighted by molar-refractivity contribution is 14.1. The Bertz CT molecular complexity index is 207. The average molecular weight is 273 g/mol. The van der Waals surface area contributed by atoms with Crippen molar-refractivity contribution in [1.29, 1.82) is 0 Å². The molecule has 0 aromatic rings. The number of hydrogen-bond donors (Lipinski definition) is 0. The van der Waals surface area contributed by atoms with Gasteiger partial charge in [-0.2, -0.15) is 0 Å². The summed E-state index contributed by atoms with van der Waals surface area (Å²) in [6.07, 6.45) is -2.71. The fraction of sp³-hybridized carbons (Fsp3) is 0.875. The summed E-state index contributed by atoms with van der Waals surface area (Å²) < 4.78 is 28.3. The third-order valence-corrected chi connectivity index (χ3v) is 1.74. The number of esters is 1. The summed E-state index contributed by atoms with van der Waals surface area (Å²) in [5.41, 5.74) is 0. The first-order valence-electron chi connectivity index (χ1n) is 4.98. The van der Waals surface area contributed by atoms with Gasteiger partial charge < -0.3 is 4.74 Å². The highest BCUT2D eigenvalue weighted by Gasteiger charge is 2.03. The topological polar surface area (TPSA) is 26.3 Å². The zero-order valence-electron chi connectivity index (χ0n) is 9.82. The Morgan fingerprint density at radius 1 is 1.82 bits per heavy atom. The summed E-state index contributed by atoms with van der Waals surface area (Å²) in [5, 5.41) is 0. The lowest BCUT2D eigenvalue weighted by Gasteiger charge is -2.10. The van der Waals surface area contributed by atoms with E-state index in [1.807, 2.05) is 0 Å². The van der Waals surface area contributed by atoms with Crippen LogP contribution in [0.3, 0.4) is 0 Å². The third-order valence-electron chi connectivity index (χ3n) is 0.981.